The number of aromatic amines is 1. The second-order valence-corrected chi connectivity index (χ2v) is 11.0. The van der Waals surface area contributed by atoms with Gasteiger partial charge in [-0.25, -0.2) is 26.7 Å². The topological polar surface area (TPSA) is 122 Å². The van der Waals surface area contributed by atoms with E-state index in [4.69, 9.17) is 5.14 Å². The Morgan fingerprint density at radius 2 is 1.63 bits per heavy atom. The van der Waals surface area contributed by atoms with Gasteiger partial charge < -0.3 is 4.98 Å². The van der Waals surface area contributed by atoms with Gasteiger partial charge in [-0.15, -0.1) is 11.3 Å². The average molecular weight is 462 g/mol. The first-order valence-corrected chi connectivity index (χ1v) is 12.9. The molecule has 0 saturated carbocycles. The lowest BCUT2D eigenvalue weighted by Crippen LogP contribution is -2.28. The van der Waals surface area contributed by atoms with E-state index in [0.29, 0.717) is 0 Å². The number of fused-ring (bicyclic) bond motifs is 1. The molecule has 2 aromatic heterocycles. The van der Waals surface area contributed by atoms with Crippen LogP contribution < -0.4 is 9.86 Å². The molecule has 1 atom stereocenters. The number of hydrogen-bond acceptors (Lipinski definition) is 5. The van der Waals surface area contributed by atoms with Crippen molar-refractivity contribution in [1.29, 1.82) is 0 Å². The van der Waals surface area contributed by atoms with Gasteiger partial charge in [0.2, 0.25) is 20.0 Å². The smallest absolute Gasteiger partial charge is 0.240 e. The van der Waals surface area contributed by atoms with Gasteiger partial charge in [0.05, 0.1) is 9.79 Å². The van der Waals surface area contributed by atoms with Gasteiger partial charge in [-0.1, -0.05) is 24.3 Å². The van der Waals surface area contributed by atoms with Gasteiger partial charge in [-0.05, 0) is 47.3 Å². The van der Waals surface area contributed by atoms with Crippen molar-refractivity contribution in [3.05, 3.63) is 82.7 Å². The molecule has 0 aliphatic carbocycles. The van der Waals surface area contributed by atoms with Crippen molar-refractivity contribution in [2.24, 2.45) is 5.14 Å². The second kappa shape index (κ2) is 7.97. The summed E-state index contributed by atoms with van der Waals surface area (Å²) in [6.45, 7) is 0.154. The van der Waals surface area contributed by atoms with Crippen LogP contribution in [-0.4, -0.2) is 28.4 Å². The number of rotatable bonds is 7. The molecule has 0 bridgehead atoms. The maximum Gasteiger partial charge on any atom is 0.240 e. The van der Waals surface area contributed by atoms with Crippen LogP contribution in [0.5, 0.6) is 0 Å². The molecule has 0 amide bonds. The number of thiophene rings is 1. The monoisotopic (exact) mass is 461 g/mol. The zero-order valence-corrected chi connectivity index (χ0v) is 18.1. The Balaban J connectivity index is 1.63. The predicted molar refractivity (Wildman–Crippen MR) is 117 cm³/mol. The van der Waals surface area contributed by atoms with E-state index in [1.165, 1.54) is 24.3 Å². The van der Waals surface area contributed by atoms with Gasteiger partial charge in [0, 0.05) is 34.4 Å². The van der Waals surface area contributed by atoms with Crippen LogP contribution in [0.2, 0.25) is 0 Å². The molecule has 0 saturated heterocycles. The minimum atomic E-state index is -3.89. The Morgan fingerprint density at radius 3 is 2.30 bits per heavy atom. The van der Waals surface area contributed by atoms with Crippen LogP contribution in [0.3, 0.4) is 0 Å². The molecular weight excluding hydrogens is 442 g/mol. The summed E-state index contributed by atoms with van der Waals surface area (Å²) in [5.41, 5.74) is 1.98. The highest BCUT2D eigenvalue weighted by atomic mass is 32.2. The highest BCUT2D eigenvalue weighted by molar-refractivity contribution is 7.89. The molecular formula is C20H19N3O4S3. The minimum Gasteiger partial charge on any atom is -0.361 e. The van der Waals surface area contributed by atoms with Gasteiger partial charge in [0.25, 0.3) is 0 Å². The first-order valence-electron chi connectivity index (χ1n) is 8.98. The zero-order chi connectivity index (χ0) is 21.4. The summed E-state index contributed by atoms with van der Waals surface area (Å²) in [6.07, 6.45) is 1.91. The fourth-order valence-electron chi connectivity index (χ4n) is 3.32. The highest BCUT2D eigenvalue weighted by Gasteiger charge is 2.23. The van der Waals surface area contributed by atoms with Crippen molar-refractivity contribution < 1.29 is 16.8 Å². The number of benzene rings is 2. The first-order chi connectivity index (χ1) is 14.3. The average Bonchev–Trinajstić information content (AvgIpc) is 3.38. The van der Waals surface area contributed by atoms with E-state index in [-0.39, 0.29) is 22.3 Å². The highest BCUT2D eigenvalue weighted by Crippen LogP contribution is 2.33. The summed E-state index contributed by atoms with van der Waals surface area (Å²) < 4.78 is 51.0. The third-order valence-corrected chi connectivity index (χ3v) is 8.18. The molecule has 10 heteroatoms. The van der Waals surface area contributed by atoms with Gasteiger partial charge in [-0.2, -0.15) is 0 Å². The number of primary sulfonamides is 1. The van der Waals surface area contributed by atoms with E-state index >= 15 is 0 Å². The third-order valence-electron chi connectivity index (χ3n) is 4.82. The van der Waals surface area contributed by atoms with E-state index in [9.17, 15) is 16.8 Å². The SMILES string of the molecule is NS(=O)(=O)c1ccc(S(=O)(=O)NC[C@H](c2cccs2)c2c[nH]c3ccccc23)cc1. The molecule has 4 rings (SSSR count). The van der Waals surface area contributed by atoms with Crippen molar-refractivity contribution in [1.82, 2.24) is 9.71 Å². The normalized spacial score (nSPS) is 13.5. The molecule has 4 N–H and O–H groups in total. The molecule has 2 aromatic carbocycles. The van der Waals surface area contributed by atoms with Crippen molar-refractivity contribution in [3.63, 3.8) is 0 Å². The molecule has 30 heavy (non-hydrogen) atoms. The maximum absolute atomic E-state index is 12.8. The molecule has 0 aliphatic rings. The molecule has 7 nitrogen and oxygen atoms in total. The lowest BCUT2D eigenvalue weighted by Gasteiger charge is -2.16. The van der Waals surface area contributed by atoms with Crippen LogP contribution >= 0.6 is 11.3 Å². The van der Waals surface area contributed by atoms with Crippen LogP contribution in [-0.2, 0) is 20.0 Å². The summed E-state index contributed by atoms with van der Waals surface area (Å²) in [5, 5.41) is 8.06. The van der Waals surface area contributed by atoms with Crippen LogP contribution in [0.4, 0.5) is 0 Å². The van der Waals surface area contributed by atoms with E-state index in [2.05, 4.69) is 9.71 Å². The second-order valence-electron chi connectivity index (χ2n) is 6.73. The van der Waals surface area contributed by atoms with E-state index in [1.54, 1.807) is 11.3 Å². The molecule has 156 valence electrons. The third kappa shape index (κ3) is 4.18. The quantitative estimate of drug-likeness (QED) is 0.392. The first kappa shape index (κ1) is 20.8. The lowest BCUT2D eigenvalue weighted by molar-refractivity contribution is 0.577. The van der Waals surface area contributed by atoms with Gasteiger partial charge in [0.1, 0.15) is 0 Å². The maximum atomic E-state index is 12.8. The van der Waals surface area contributed by atoms with E-state index < -0.39 is 20.0 Å². The fraction of sp³-hybridized carbons (Fsp3) is 0.100. The van der Waals surface area contributed by atoms with Crippen LogP contribution in [0.15, 0.2) is 82.0 Å². The Morgan fingerprint density at radius 1 is 0.933 bits per heavy atom. The summed E-state index contributed by atoms with van der Waals surface area (Å²) >= 11 is 1.56. The summed E-state index contributed by atoms with van der Waals surface area (Å²) in [5.74, 6) is -0.181. The lowest BCUT2D eigenvalue weighted by atomic mass is 9.97. The number of nitrogens with two attached hydrogens (primary N) is 1. The van der Waals surface area contributed by atoms with Crippen LogP contribution in [0, 0.1) is 0 Å². The largest absolute Gasteiger partial charge is 0.361 e. The predicted octanol–water partition coefficient (Wildman–Crippen LogP) is 2.99. The Bertz CT molecular complexity index is 1370. The molecule has 0 radical (unpaired) electrons. The summed E-state index contributed by atoms with van der Waals surface area (Å²) in [6, 6.07) is 16.6. The van der Waals surface area contributed by atoms with Crippen LogP contribution in [0.1, 0.15) is 16.4 Å². The van der Waals surface area contributed by atoms with Crippen molar-refractivity contribution in [2.45, 2.75) is 15.7 Å². The number of para-hydroxylation sites is 1. The molecule has 0 fully saturated rings. The van der Waals surface area contributed by atoms with Crippen LogP contribution in [0.25, 0.3) is 10.9 Å². The standard InChI is InChI=1S/C20H19N3O4S3/c21-29(24,25)14-7-9-15(10-8-14)30(26,27)23-13-18(20-6-3-11-28-20)17-12-22-19-5-2-1-4-16(17)19/h1-12,18,22-23H,13H2,(H2,21,24,25)/t18-/m0/s1. The molecule has 0 aliphatic heterocycles. The van der Waals surface area contributed by atoms with Crippen molar-refractivity contribution >= 4 is 42.3 Å². The molecule has 0 spiro atoms. The van der Waals surface area contributed by atoms with Gasteiger partial charge in [-0.3, -0.25) is 0 Å². The molecule has 4 aromatic rings. The van der Waals surface area contributed by atoms with Crippen molar-refractivity contribution in [3.8, 4) is 0 Å². The fourth-order valence-corrected chi connectivity index (χ4v) is 5.73. The number of sulfonamides is 2. The van der Waals surface area contributed by atoms with E-state index in [1.807, 2.05) is 48.0 Å². The zero-order valence-electron chi connectivity index (χ0n) is 15.6. The molecule has 0 unspecified atom stereocenters. The number of nitrogens with one attached hydrogen (secondary N) is 2. The minimum absolute atomic E-state index is 0.0289. The molecule has 2 heterocycles. The van der Waals surface area contributed by atoms with Gasteiger partial charge >= 0.3 is 0 Å². The van der Waals surface area contributed by atoms with Gasteiger partial charge in [0.15, 0.2) is 0 Å². The summed E-state index contributed by atoms with van der Waals surface area (Å²) in [7, 11) is -7.73. The number of aromatic nitrogens is 1. The van der Waals surface area contributed by atoms with Crippen molar-refractivity contribution in [2.75, 3.05) is 6.54 Å². The van der Waals surface area contributed by atoms with E-state index in [0.717, 1.165) is 21.3 Å². The Labute approximate surface area is 178 Å². The number of H-pyrrole nitrogens is 1. The number of hydrogen-bond donors (Lipinski definition) is 3. The Hall–Kier alpha value is -2.50. The Kier molecular flexibility index (Phi) is 5.51. The summed E-state index contributed by atoms with van der Waals surface area (Å²) in [4.78, 5) is 4.10.